The van der Waals surface area contributed by atoms with Gasteiger partial charge in [0.15, 0.2) is 0 Å². The molecule has 0 saturated carbocycles. The first-order chi connectivity index (χ1) is 8.70. The highest BCUT2D eigenvalue weighted by molar-refractivity contribution is 5.31. The van der Waals surface area contributed by atoms with Crippen LogP contribution in [-0.4, -0.2) is 14.9 Å². The lowest BCUT2D eigenvalue weighted by atomic mass is 10.2. The van der Waals surface area contributed by atoms with Crippen LogP contribution < -0.4 is 5.32 Å². The summed E-state index contributed by atoms with van der Waals surface area (Å²) in [5.74, 6) is 0.340. The van der Waals surface area contributed by atoms with Gasteiger partial charge in [0.1, 0.15) is 5.75 Å². The average Bonchev–Trinajstić information content (AvgIpc) is 2.72. The minimum absolute atomic E-state index is 0.340. The smallest absolute Gasteiger partial charge is 0.120 e. The highest BCUT2D eigenvalue weighted by Crippen LogP contribution is 2.15. The molecule has 4 heteroatoms. The van der Waals surface area contributed by atoms with Gasteiger partial charge in [-0.25, -0.2) is 0 Å². The van der Waals surface area contributed by atoms with Crippen molar-refractivity contribution >= 4 is 0 Å². The van der Waals surface area contributed by atoms with E-state index in [1.165, 1.54) is 5.56 Å². The number of hydrogen-bond donors (Lipinski definition) is 2. The molecule has 2 aromatic rings. The van der Waals surface area contributed by atoms with Crippen LogP contribution in [0.25, 0.3) is 0 Å². The topological polar surface area (TPSA) is 50.1 Å². The fourth-order valence-corrected chi connectivity index (χ4v) is 2.02. The van der Waals surface area contributed by atoms with Crippen LogP contribution in [0.5, 0.6) is 5.75 Å². The van der Waals surface area contributed by atoms with Gasteiger partial charge < -0.3 is 10.4 Å². The Morgan fingerprint density at radius 1 is 1.22 bits per heavy atom. The van der Waals surface area contributed by atoms with Gasteiger partial charge >= 0.3 is 0 Å². The molecule has 0 unspecified atom stereocenters. The molecule has 0 spiro atoms. The van der Waals surface area contributed by atoms with Gasteiger partial charge in [-0.05, 0) is 12.5 Å². The number of phenols is 1. The maximum atomic E-state index is 9.66. The minimum Gasteiger partial charge on any atom is -0.508 e. The SMILES string of the molecule is CCc1nn(C)cc1CNCc1ccccc1O. The molecule has 18 heavy (non-hydrogen) atoms. The zero-order valence-electron chi connectivity index (χ0n) is 10.8. The van der Waals surface area contributed by atoms with Crippen LogP contribution in [0.4, 0.5) is 0 Å². The summed E-state index contributed by atoms with van der Waals surface area (Å²) in [6, 6.07) is 7.39. The van der Waals surface area contributed by atoms with E-state index in [1.54, 1.807) is 6.07 Å². The Balaban J connectivity index is 1.94. The molecule has 0 bridgehead atoms. The molecule has 0 fully saturated rings. The van der Waals surface area contributed by atoms with Crippen molar-refractivity contribution in [3.63, 3.8) is 0 Å². The number of rotatable bonds is 5. The molecule has 1 aromatic carbocycles. The number of aromatic hydroxyl groups is 1. The molecule has 1 aromatic heterocycles. The van der Waals surface area contributed by atoms with E-state index in [1.807, 2.05) is 36.1 Å². The van der Waals surface area contributed by atoms with Gasteiger partial charge in [-0.1, -0.05) is 25.1 Å². The third-order valence-corrected chi connectivity index (χ3v) is 2.95. The third kappa shape index (κ3) is 2.90. The standard InChI is InChI=1S/C14H19N3O/c1-3-13-12(10-17(2)16-13)9-15-8-11-6-4-5-7-14(11)18/h4-7,10,15,18H,3,8-9H2,1-2H3. The number of hydrogen-bond acceptors (Lipinski definition) is 3. The molecule has 2 N–H and O–H groups in total. The van der Waals surface area contributed by atoms with Gasteiger partial charge in [-0.3, -0.25) is 4.68 Å². The lowest BCUT2D eigenvalue weighted by molar-refractivity contribution is 0.464. The molecular formula is C14H19N3O. The molecule has 1 heterocycles. The fraction of sp³-hybridized carbons (Fsp3) is 0.357. The Morgan fingerprint density at radius 3 is 2.67 bits per heavy atom. The second-order valence-electron chi connectivity index (χ2n) is 4.36. The maximum absolute atomic E-state index is 9.66. The van der Waals surface area contributed by atoms with Crippen molar-refractivity contribution in [2.45, 2.75) is 26.4 Å². The number of aryl methyl sites for hydroxylation is 2. The van der Waals surface area contributed by atoms with Crippen molar-refractivity contribution in [3.8, 4) is 5.75 Å². The Hall–Kier alpha value is -1.81. The Labute approximate surface area is 107 Å². The molecule has 0 radical (unpaired) electrons. The minimum atomic E-state index is 0.340. The van der Waals surface area contributed by atoms with Crippen LogP contribution in [0, 0.1) is 0 Å². The van der Waals surface area contributed by atoms with Gasteiger partial charge in [0, 0.05) is 37.5 Å². The lowest BCUT2D eigenvalue weighted by Crippen LogP contribution is -2.13. The highest BCUT2D eigenvalue weighted by Gasteiger charge is 2.05. The van der Waals surface area contributed by atoms with E-state index >= 15 is 0 Å². The number of para-hydroxylation sites is 1. The molecule has 0 aliphatic heterocycles. The Kier molecular flexibility index (Phi) is 3.99. The molecule has 4 nitrogen and oxygen atoms in total. The van der Waals surface area contributed by atoms with Crippen LogP contribution in [0.3, 0.4) is 0 Å². The monoisotopic (exact) mass is 245 g/mol. The van der Waals surface area contributed by atoms with Crippen molar-refractivity contribution in [2.75, 3.05) is 0 Å². The van der Waals surface area contributed by atoms with Crippen molar-refractivity contribution in [1.29, 1.82) is 0 Å². The van der Waals surface area contributed by atoms with Crippen LogP contribution >= 0.6 is 0 Å². The van der Waals surface area contributed by atoms with E-state index in [-0.39, 0.29) is 0 Å². The highest BCUT2D eigenvalue weighted by atomic mass is 16.3. The second kappa shape index (κ2) is 5.69. The van der Waals surface area contributed by atoms with Gasteiger partial charge in [0.05, 0.1) is 5.69 Å². The van der Waals surface area contributed by atoms with Gasteiger partial charge in [-0.2, -0.15) is 5.10 Å². The normalized spacial score (nSPS) is 10.8. The number of phenolic OH excluding ortho intramolecular Hbond substituents is 1. The predicted octanol–water partition coefficient (Wildman–Crippen LogP) is 1.98. The first-order valence-electron chi connectivity index (χ1n) is 6.19. The molecule has 96 valence electrons. The van der Waals surface area contributed by atoms with Crippen LogP contribution in [0.2, 0.25) is 0 Å². The van der Waals surface area contributed by atoms with E-state index in [4.69, 9.17) is 0 Å². The lowest BCUT2D eigenvalue weighted by Gasteiger charge is -2.06. The number of nitrogens with zero attached hydrogens (tertiary/aromatic N) is 2. The molecule has 0 aliphatic rings. The fourth-order valence-electron chi connectivity index (χ4n) is 2.02. The summed E-state index contributed by atoms with van der Waals surface area (Å²) in [5, 5.41) is 17.4. The van der Waals surface area contributed by atoms with E-state index in [9.17, 15) is 5.11 Å². The van der Waals surface area contributed by atoms with Crippen molar-refractivity contribution in [3.05, 3.63) is 47.3 Å². The summed E-state index contributed by atoms with van der Waals surface area (Å²) >= 11 is 0. The summed E-state index contributed by atoms with van der Waals surface area (Å²) in [6.45, 7) is 3.53. The van der Waals surface area contributed by atoms with Crippen molar-refractivity contribution in [1.82, 2.24) is 15.1 Å². The maximum Gasteiger partial charge on any atom is 0.120 e. The molecule has 0 aliphatic carbocycles. The van der Waals surface area contributed by atoms with Gasteiger partial charge in [0.25, 0.3) is 0 Å². The van der Waals surface area contributed by atoms with E-state index in [0.29, 0.717) is 12.3 Å². The van der Waals surface area contributed by atoms with Crippen LogP contribution in [0.1, 0.15) is 23.7 Å². The molecule has 0 amide bonds. The molecular weight excluding hydrogens is 226 g/mol. The zero-order chi connectivity index (χ0) is 13.0. The molecule has 0 atom stereocenters. The first kappa shape index (κ1) is 12.6. The summed E-state index contributed by atoms with van der Waals surface area (Å²) < 4.78 is 1.84. The molecule has 2 rings (SSSR count). The second-order valence-corrected chi connectivity index (χ2v) is 4.36. The largest absolute Gasteiger partial charge is 0.508 e. The predicted molar refractivity (Wildman–Crippen MR) is 71.2 cm³/mol. The van der Waals surface area contributed by atoms with Gasteiger partial charge in [-0.15, -0.1) is 0 Å². The third-order valence-electron chi connectivity index (χ3n) is 2.95. The molecule has 0 saturated heterocycles. The van der Waals surface area contributed by atoms with Crippen molar-refractivity contribution in [2.24, 2.45) is 7.05 Å². The Morgan fingerprint density at radius 2 is 1.94 bits per heavy atom. The Bertz CT molecular complexity index is 520. The first-order valence-corrected chi connectivity index (χ1v) is 6.19. The van der Waals surface area contributed by atoms with Crippen molar-refractivity contribution < 1.29 is 5.11 Å². The summed E-state index contributed by atoms with van der Waals surface area (Å²) in [4.78, 5) is 0. The van der Waals surface area contributed by atoms with Gasteiger partial charge in [0.2, 0.25) is 0 Å². The average molecular weight is 245 g/mol. The van der Waals surface area contributed by atoms with Crippen LogP contribution in [0.15, 0.2) is 30.5 Å². The zero-order valence-corrected chi connectivity index (χ0v) is 10.8. The van der Waals surface area contributed by atoms with E-state index in [0.717, 1.165) is 24.2 Å². The van der Waals surface area contributed by atoms with Crippen LogP contribution in [-0.2, 0) is 26.6 Å². The number of benzene rings is 1. The number of aromatic nitrogens is 2. The summed E-state index contributed by atoms with van der Waals surface area (Å²) in [7, 11) is 1.94. The summed E-state index contributed by atoms with van der Waals surface area (Å²) in [6.07, 6.45) is 2.98. The summed E-state index contributed by atoms with van der Waals surface area (Å²) in [5.41, 5.74) is 3.26. The quantitative estimate of drug-likeness (QED) is 0.847. The van der Waals surface area contributed by atoms with E-state index < -0.39 is 0 Å². The van der Waals surface area contributed by atoms with E-state index in [2.05, 4.69) is 17.3 Å². The number of nitrogens with one attached hydrogen (secondary N) is 1.